The first kappa shape index (κ1) is 19.1. The van der Waals surface area contributed by atoms with E-state index in [1.807, 2.05) is 27.7 Å². The fraction of sp³-hybridized carbons (Fsp3) is 0.857. The van der Waals surface area contributed by atoms with E-state index in [-0.39, 0.29) is 53.7 Å². The number of aliphatic hydroxyl groups is 1. The average molecular weight is 378 g/mol. The molecule has 3 saturated carbocycles. The zero-order valence-corrected chi connectivity index (χ0v) is 16.7. The molecule has 10 atom stereocenters. The van der Waals surface area contributed by atoms with Crippen LogP contribution in [0.4, 0.5) is 0 Å². The molecule has 4 aliphatic rings. The number of hydrogen-bond donors (Lipinski definition) is 1. The maximum absolute atomic E-state index is 13.7. The smallest absolute Gasteiger partial charge is 0.306 e. The monoisotopic (exact) mass is 378 g/mol. The highest BCUT2D eigenvalue weighted by Crippen LogP contribution is 2.67. The predicted octanol–water partition coefficient (Wildman–Crippen LogP) is 1.77. The molecule has 4 fully saturated rings. The number of hydrogen-bond acceptors (Lipinski definition) is 6. The molecule has 1 aliphatic heterocycles. The Kier molecular flexibility index (Phi) is 4.14. The standard InChI is InChI=1S/C21H30O6/c1-9-6-13(22)19(25)21(4)11(9)7-14-20(3)12(8-15(23)27-14)10(2)17(26-5)16(24)18(20)21/h9-12,14,17-19,25H,6-8H2,1-5H3/t9-,10-,11+,12+,14-,17+,18+,19-,20-,21+/m1/s1. The number of rotatable bonds is 1. The Morgan fingerprint density at radius 3 is 2.37 bits per heavy atom. The molecule has 0 bridgehead atoms. The quantitative estimate of drug-likeness (QED) is 0.700. The van der Waals surface area contributed by atoms with E-state index in [4.69, 9.17) is 9.47 Å². The lowest BCUT2D eigenvalue weighted by Gasteiger charge is -2.67. The van der Waals surface area contributed by atoms with E-state index in [0.29, 0.717) is 12.8 Å². The molecule has 6 heteroatoms. The highest BCUT2D eigenvalue weighted by Gasteiger charge is 2.73. The van der Waals surface area contributed by atoms with Crippen molar-refractivity contribution in [1.29, 1.82) is 0 Å². The van der Waals surface area contributed by atoms with Gasteiger partial charge in [-0.2, -0.15) is 0 Å². The van der Waals surface area contributed by atoms with Crippen LogP contribution in [-0.4, -0.2) is 48.1 Å². The van der Waals surface area contributed by atoms with Gasteiger partial charge >= 0.3 is 5.97 Å². The van der Waals surface area contributed by atoms with Crippen LogP contribution in [0.1, 0.15) is 47.0 Å². The van der Waals surface area contributed by atoms with Gasteiger partial charge in [-0.05, 0) is 30.1 Å². The lowest BCUT2D eigenvalue weighted by molar-refractivity contribution is -0.259. The third kappa shape index (κ3) is 2.17. The Hall–Kier alpha value is -1.27. The molecule has 1 N–H and O–H groups in total. The molecule has 27 heavy (non-hydrogen) atoms. The normalized spacial score (nSPS) is 54.8. The summed E-state index contributed by atoms with van der Waals surface area (Å²) < 4.78 is 11.4. The summed E-state index contributed by atoms with van der Waals surface area (Å²) in [5.41, 5.74) is -1.46. The van der Waals surface area contributed by atoms with Crippen LogP contribution in [0.3, 0.4) is 0 Å². The first-order chi connectivity index (χ1) is 12.6. The van der Waals surface area contributed by atoms with Crippen LogP contribution in [-0.2, 0) is 23.9 Å². The third-order valence-corrected chi connectivity index (χ3v) is 8.70. The molecule has 4 rings (SSSR count). The van der Waals surface area contributed by atoms with Gasteiger partial charge in [-0.15, -0.1) is 0 Å². The van der Waals surface area contributed by atoms with Crippen LogP contribution in [0.5, 0.6) is 0 Å². The summed E-state index contributed by atoms with van der Waals surface area (Å²) in [5, 5.41) is 11.0. The summed E-state index contributed by atoms with van der Waals surface area (Å²) >= 11 is 0. The molecule has 6 nitrogen and oxygen atoms in total. The fourth-order valence-corrected chi connectivity index (χ4v) is 7.50. The molecular formula is C21H30O6. The van der Waals surface area contributed by atoms with Gasteiger partial charge in [0, 0.05) is 36.7 Å². The van der Waals surface area contributed by atoms with Crippen molar-refractivity contribution in [1.82, 2.24) is 0 Å². The average Bonchev–Trinajstić information content (AvgIpc) is 2.58. The van der Waals surface area contributed by atoms with Crippen molar-refractivity contribution in [3.05, 3.63) is 0 Å². The van der Waals surface area contributed by atoms with E-state index in [1.165, 1.54) is 7.11 Å². The first-order valence-electron chi connectivity index (χ1n) is 10.0. The first-order valence-corrected chi connectivity index (χ1v) is 10.0. The highest BCUT2D eigenvalue weighted by atomic mass is 16.5. The molecule has 1 heterocycles. The summed E-state index contributed by atoms with van der Waals surface area (Å²) in [5.74, 6) is -1.26. The van der Waals surface area contributed by atoms with Crippen molar-refractivity contribution in [2.45, 2.75) is 65.3 Å². The van der Waals surface area contributed by atoms with Crippen molar-refractivity contribution in [2.24, 2.45) is 40.4 Å². The largest absolute Gasteiger partial charge is 0.462 e. The lowest BCUT2D eigenvalue weighted by atomic mass is 9.37. The van der Waals surface area contributed by atoms with E-state index in [0.717, 1.165) is 0 Å². The second-order valence-corrected chi connectivity index (χ2v) is 9.76. The molecule has 0 amide bonds. The number of Topliss-reactive ketones (excluding diaryl/α,β-unsaturated/α-hetero) is 2. The summed E-state index contributed by atoms with van der Waals surface area (Å²) in [6.07, 6.45) is -1.02. The van der Waals surface area contributed by atoms with Crippen LogP contribution >= 0.6 is 0 Å². The van der Waals surface area contributed by atoms with E-state index in [9.17, 15) is 19.5 Å². The fourth-order valence-electron chi connectivity index (χ4n) is 7.50. The lowest BCUT2D eigenvalue weighted by Crippen LogP contribution is -2.74. The molecule has 0 spiro atoms. The molecule has 0 radical (unpaired) electrons. The zero-order valence-electron chi connectivity index (χ0n) is 16.7. The van der Waals surface area contributed by atoms with Gasteiger partial charge in [0.15, 0.2) is 11.6 Å². The number of ether oxygens (including phenoxy) is 2. The molecule has 0 unspecified atom stereocenters. The molecule has 0 aromatic rings. The van der Waals surface area contributed by atoms with Crippen LogP contribution in [0, 0.1) is 40.4 Å². The van der Waals surface area contributed by atoms with E-state index < -0.39 is 29.0 Å². The Morgan fingerprint density at radius 1 is 1.07 bits per heavy atom. The molecular weight excluding hydrogens is 348 g/mol. The van der Waals surface area contributed by atoms with Gasteiger partial charge in [-0.25, -0.2) is 0 Å². The number of ketones is 2. The Morgan fingerprint density at radius 2 is 1.74 bits per heavy atom. The molecule has 150 valence electrons. The molecule has 0 aromatic carbocycles. The van der Waals surface area contributed by atoms with Gasteiger partial charge in [0.25, 0.3) is 0 Å². The maximum Gasteiger partial charge on any atom is 0.306 e. The van der Waals surface area contributed by atoms with Crippen molar-refractivity contribution in [2.75, 3.05) is 7.11 Å². The predicted molar refractivity (Wildman–Crippen MR) is 95.6 cm³/mol. The molecule has 3 aliphatic carbocycles. The zero-order chi connectivity index (χ0) is 19.9. The van der Waals surface area contributed by atoms with E-state index >= 15 is 0 Å². The SMILES string of the molecule is CO[C@@H]1C(=O)[C@@H]2[C@@]3(C)[C@H](O)C(=O)C[C@@H](C)[C@@H]3C[C@H]3OC(=O)C[C@@H]([C@H]1C)[C@@]23C. The number of fused-ring (bicyclic) bond motifs is 2. The minimum atomic E-state index is -1.17. The molecule has 1 saturated heterocycles. The van der Waals surface area contributed by atoms with Crippen LogP contribution in [0.15, 0.2) is 0 Å². The topological polar surface area (TPSA) is 89.9 Å². The van der Waals surface area contributed by atoms with Crippen LogP contribution < -0.4 is 0 Å². The van der Waals surface area contributed by atoms with Gasteiger partial charge in [0.1, 0.15) is 18.3 Å². The number of carbonyl (C=O) groups excluding carboxylic acids is 3. The third-order valence-electron chi connectivity index (χ3n) is 8.70. The van der Waals surface area contributed by atoms with Crippen LogP contribution in [0.25, 0.3) is 0 Å². The van der Waals surface area contributed by atoms with Gasteiger partial charge in [-0.1, -0.05) is 27.7 Å². The molecule has 0 aromatic heterocycles. The minimum absolute atomic E-state index is 0.0303. The number of esters is 1. The van der Waals surface area contributed by atoms with Gasteiger partial charge in [0.05, 0.1) is 0 Å². The second-order valence-electron chi connectivity index (χ2n) is 9.76. The van der Waals surface area contributed by atoms with Crippen LogP contribution in [0.2, 0.25) is 0 Å². The van der Waals surface area contributed by atoms with Crippen molar-refractivity contribution >= 4 is 17.5 Å². The second kappa shape index (κ2) is 5.86. The maximum atomic E-state index is 13.7. The summed E-state index contributed by atoms with van der Waals surface area (Å²) in [6.45, 7) is 7.89. The van der Waals surface area contributed by atoms with Crippen molar-refractivity contribution in [3.63, 3.8) is 0 Å². The minimum Gasteiger partial charge on any atom is -0.462 e. The van der Waals surface area contributed by atoms with Gasteiger partial charge < -0.3 is 14.6 Å². The van der Waals surface area contributed by atoms with Gasteiger partial charge in [-0.3, -0.25) is 14.4 Å². The van der Waals surface area contributed by atoms with Crippen molar-refractivity contribution in [3.8, 4) is 0 Å². The van der Waals surface area contributed by atoms with Gasteiger partial charge in [0.2, 0.25) is 0 Å². The summed E-state index contributed by atoms with van der Waals surface area (Å²) in [4.78, 5) is 38.6. The number of methoxy groups -OCH3 is 1. The Labute approximate surface area is 160 Å². The Balaban J connectivity index is 1.92. The number of carbonyl (C=O) groups is 3. The summed E-state index contributed by atoms with van der Waals surface area (Å²) in [6, 6.07) is 0. The highest BCUT2D eigenvalue weighted by molar-refractivity contribution is 5.92. The Bertz CT molecular complexity index is 703. The van der Waals surface area contributed by atoms with E-state index in [1.54, 1.807) is 0 Å². The number of aliphatic hydroxyl groups excluding tert-OH is 1. The van der Waals surface area contributed by atoms with E-state index in [2.05, 4.69) is 0 Å². The van der Waals surface area contributed by atoms with Crippen molar-refractivity contribution < 1.29 is 29.0 Å². The summed E-state index contributed by atoms with van der Waals surface area (Å²) in [7, 11) is 1.52.